The van der Waals surface area contributed by atoms with Gasteiger partial charge in [-0.15, -0.1) is 0 Å². The second-order valence-electron chi connectivity index (χ2n) is 10.7. The Morgan fingerprint density at radius 2 is 1.23 bits per heavy atom. The van der Waals surface area contributed by atoms with Gasteiger partial charge in [0.15, 0.2) is 0 Å². The number of rotatable bonds is 19. The van der Waals surface area contributed by atoms with Crippen LogP contribution in [-0.2, 0) is 23.6 Å². The molecule has 0 aliphatic carbocycles. The molecule has 0 saturated carbocycles. The van der Waals surface area contributed by atoms with Crippen molar-refractivity contribution in [2.24, 2.45) is 0 Å². The van der Waals surface area contributed by atoms with Crippen LogP contribution >= 0.6 is 11.8 Å². The van der Waals surface area contributed by atoms with E-state index in [1.807, 2.05) is 11.8 Å². The standard InChI is InChI=1S/C36H47N2OS/c1-2-3-4-5-6-7-8-9-10-20-27-37-28-29-38(35(37)34-25-18-13-19-26-34)36(39-30-32-21-14-11-15-22-32)40-31-33-23-16-12-17-24-33/h11-19,21-26,28-29,36H,2-10,20,27,30-31H2,1H3/q+1. The van der Waals surface area contributed by atoms with Gasteiger partial charge >= 0.3 is 0 Å². The average molecular weight is 556 g/mol. The largest absolute Gasteiger partial charge is 0.326 e. The maximum atomic E-state index is 6.63. The van der Waals surface area contributed by atoms with E-state index in [1.165, 1.54) is 86.7 Å². The number of imidazole rings is 1. The minimum atomic E-state index is -0.135. The molecular weight excluding hydrogens is 508 g/mol. The number of hydrogen-bond acceptors (Lipinski definition) is 2. The lowest BCUT2D eigenvalue weighted by molar-refractivity contribution is -0.686. The van der Waals surface area contributed by atoms with Gasteiger partial charge in [-0.25, -0.2) is 4.57 Å². The molecule has 212 valence electrons. The van der Waals surface area contributed by atoms with E-state index in [0.29, 0.717) is 6.61 Å². The van der Waals surface area contributed by atoms with E-state index < -0.39 is 0 Å². The lowest BCUT2D eigenvalue weighted by Crippen LogP contribution is -2.35. The molecule has 0 saturated heterocycles. The van der Waals surface area contributed by atoms with E-state index in [4.69, 9.17) is 4.74 Å². The van der Waals surface area contributed by atoms with Crippen molar-refractivity contribution in [2.75, 3.05) is 0 Å². The Bertz CT molecular complexity index is 1150. The number of nitrogens with zero attached hydrogens (tertiary/aromatic N) is 2. The van der Waals surface area contributed by atoms with Crippen molar-refractivity contribution in [2.45, 2.75) is 95.6 Å². The fourth-order valence-corrected chi connectivity index (χ4v) is 6.18. The first-order valence-corrected chi connectivity index (χ1v) is 16.4. The molecule has 0 fully saturated rings. The number of aryl methyl sites for hydroxylation is 1. The summed E-state index contributed by atoms with van der Waals surface area (Å²) in [7, 11) is 0. The van der Waals surface area contributed by atoms with Crippen LogP contribution in [0.5, 0.6) is 0 Å². The lowest BCUT2D eigenvalue weighted by Gasteiger charge is -2.17. The first kappa shape index (κ1) is 30.1. The normalized spacial score (nSPS) is 12.0. The molecular formula is C36H47N2OS+. The zero-order chi connectivity index (χ0) is 27.7. The molecule has 0 aliphatic heterocycles. The predicted molar refractivity (Wildman–Crippen MR) is 170 cm³/mol. The fraction of sp³-hybridized carbons (Fsp3) is 0.417. The Hall–Kier alpha value is -2.82. The van der Waals surface area contributed by atoms with Crippen molar-refractivity contribution in [1.82, 2.24) is 4.57 Å². The topological polar surface area (TPSA) is 18.0 Å². The number of thioether (sulfide) groups is 1. The monoisotopic (exact) mass is 555 g/mol. The first-order chi connectivity index (χ1) is 19.8. The van der Waals surface area contributed by atoms with Gasteiger partial charge in [0.2, 0.25) is 0 Å². The third kappa shape index (κ3) is 9.98. The summed E-state index contributed by atoms with van der Waals surface area (Å²) in [5.41, 5.74) is 3.60. The minimum Gasteiger partial charge on any atom is -0.326 e. The summed E-state index contributed by atoms with van der Waals surface area (Å²) in [5.74, 6) is 2.11. The molecule has 3 nitrogen and oxygen atoms in total. The van der Waals surface area contributed by atoms with Gasteiger partial charge in [0.05, 0.1) is 18.7 Å². The van der Waals surface area contributed by atoms with Crippen LogP contribution in [0.4, 0.5) is 0 Å². The van der Waals surface area contributed by atoms with Crippen molar-refractivity contribution in [3.8, 4) is 11.4 Å². The average Bonchev–Trinajstić information content (AvgIpc) is 3.43. The van der Waals surface area contributed by atoms with Crippen LogP contribution in [0.3, 0.4) is 0 Å². The van der Waals surface area contributed by atoms with Gasteiger partial charge in [0, 0.05) is 5.75 Å². The van der Waals surface area contributed by atoms with Crippen LogP contribution in [0.15, 0.2) is 103 Å². The second kappa shape index (κ2) is 17.8. The van der Waals surface area contributed by atoms with Crippen LogP contribution in [0.2, 0.25) is 0 Å². The first-order valence-electron chi connectivity index (χ1n) is 15.3. The SMILES string of the molecule is CCCCCCCCCCCC[n+]1ccn(C(OCc2ccccc2)SCc2ccccc2)c1-c1ccccc1. The van der Waals surface area contributed by atoms with E-state index in [-0.39, 0.29) is 5.56 Å². The summed E-state index contributed by atoms with van der Waals surface area (Å²) in [6.45, 7) is 3.90. The van der Waals surface area contributed by atoms with E-state index >= 15 is 0 Å². The van der Waals surface area contributed by atoms with Crippen LogP contribution in [0, 0.1) is 0 Å². The van der Waals surface area contributed by atoms with Crippen LogP contribution < -0.4 is 4.57 Å². The summed E-state index contributed by atoms with van der Waals surface area (Å²) in [6, 6.07) is 32.0. The summed E-state index contributed by atoms with van der Waals surface area (Å²) >= 11 is 1.84. The Morgan fingerprint density at radius 3 is 1.85 bits per heavy atom. The smallest absolute Gasteiger partial charge is 0.291 e. The Kier molecular flexibility index (Phi) is 13.4. The maximum Gasteiger partial charge on any atom is 0.291 e. The van der Waals surface area contributed by atoms with E-state index in [2.05, 4.69) is 119 Å². The molecule has 0 amide bonds. The zero-order valence-corrected chi connectivity index (χ0v) is 25.1. The van der Waals surface area contributed by atoms with Crippen molar-refractivity contribution in [3.63, 3.8) is 0 Å². The molecule has 0 spiro atoms. The molecule has 1 aromatic heterocycles. The summed E-state index contributed by atoms with van der Waals surface area (Å²) in [6.07, 6.45) is 18.0. The molecule has 0 N–H and O–H groups in total. The second-order valence-corrected chi connectivity index (χ2v) is 11.7. The molecule has 1 atom stereocenters. The fourth-order valence-electron chi connectivity index (χ4n) is 5.16. The highest BCUT2D eigenvalue weighted by atomic mass is 32.2. The minimum absolute atomic E-state index is 0.135. The van der Waals surface area contributed by atoms with Gasteiger partial charge in [-0.2, -0.15) is 4.57 Å². The molecule has 0 radical (unpaired) electrons. The molecule has 40 heavy (non-hydrogen) atoms. The number of aromatic nitrogens is 2. The van der Waals surface area contributed by atoms with Crippen molar-refractivity contribution in [1.29, 1.82) is 0 Å². The van der Waals surface area contributed by atoms with Gasteiger partial charge in [0.1, 0.15) is 12.4 Å². The molecule has 1 unspecified atom stereocenters. The van der Waals surface area contributed by atoms with Crippen LogP contribution in [-0.4, -0.2) is 4.57 Å². The van der Waals surface area contributed by atoms with Gasteiger partial charge < -0.3 is 4.74 Å². The van der Waals surface area contributed by atoms with E-state index in [9.17, 15) is 0 Å². The van der Waals surface area contributed by atoms with Gasteiger partial charge in [-0.05, 0) is 36.1 Å². The zero-order valence-electron chi connectivity index (χ0n) is 24.3. The van der Waals surface area contributed by atoms with E-state index in [0.717, 1.165) is 12.3 Å². The molecule has 1 heterocycles. The summed E-state index contributed by atoms with van der Waals surface area (Å²) < 4.78 is 11.4. The summed E-state index contributed by atoms with van der Waals surface area (Å²) in [4.78, 5) is 0. The van der Waals surface area contributed by atoms with Crippen LogP contribution in [0.1, 0.15) is 87.8 Å². The number of benzene rings is 3. The Labute approximate surface area is 246 Å². The molecule has 0 bridgehead atoms. The highest BCUT2D eigenvalue weighted by molar-refractivity contribution is 7.98. The van der Waals surface area contributed by atoms with Crippen molar-refractivity contribution >= 4 is 11.8 Å². The predicted octanol–water partition coefficient (Wildman–Crippen LogP) is 9.97. The van der Waals surface area contributed by atoms with E-state index in [1.54, 1.807) is 0 Å². The Morgan fingerprint density at radius 1 is 0.675 bits per heavy atom. The van der Waals surface area contributed by atoms with Crippen molar-refractivity contribution < 1.29 is 9.30 Å². The highest BCUT2D eigenvalue weighted by Gasteiger charge is 2.27. The number of hydrogen-bond donors (Lipinski definition) is 0. The van der Waals surface area contributed by atoms with Gasteiger partial charge in [0.25, 0.3) is 11.4 Å². The molecule has 4 rings (SSSR count). The van der Waals surface area contributed by atoms with Crippen molar-refractivity contribution in [3.05, 3.63) is 115 Å². The third-order valence-electron chi connectivity index (χ3n) is 7.41. The maximum absolute atomic E-state index is 6.63. The lowest BCUT2D eigenvalue weighted by atomic mass is 10.1. The Balaban J connectivity index is 1.43. The summed E-state index contributed by atoms with van der Waals surface area (Å²) in [5, 5.41) is 0. The van der Waals surface area contributed by atoms with Crippen LogP contribution in [0.25, 0.3) is 11.4 Å². The third-order valence-corrected chi connectivity index (χ3v) is 8.55. The quantitative estimate of drug-likeness (QED) is 0.0651. The van der Waals surface area contributed by atoms with Gasteiger partial charge in [-0.3, -0.25) is 0 Å². The molecule has 4 aromatic rings. The number of ether oxygens (including phenoxy) is 1. The molecule has 4 heteroatoms. The molecule has 0 aliphatic rings. The van der Waals surface area contributed by atoms with Gasteiger partial charge in [-0.1, -0.05) is 149 Å². The number of unbranched alkanes of at least 4 members (excludes halogenated alkanes) is 9. The highest BCUT2D eigenvalue weighted by Crippen LogP contribution is 2.32. The molecule has 3 aromatic carbocycles.